The van der Waals surface area contributed by atoms with Crippen LogP contribution < -0.4 is 4.74 Å². The molecule has 1 heterocycles. The third-order valence-electron chi connectivity index (χ3n) is 8.11. The highest BCUT2D eigenvalue weighted by molar-refractivity contribution is 5.95. The summed E-state index contributed by atoms with van der Waals surface area (Å²) in [6.07, 6.45) is -8.71. The number of methoxy groups -OCH3 is 1. The van der Waals surface area contributed by atoms with Crippen molar-refractivity contribution >= 4 is 11.8 Å². The molecule has 4 rings (SSSR count). The monoisotopic (exact) mass is 649 g/mol. The Morgan fingerprint density at radius 1 is 0.870 bits per heavy atom. The molecule has 3 aromatic carbocycles. The summed E-state index contributed by atoms with van der Waals surface area (Å²) in [7, 11) is 3.55. The highest BCUT2D eigenvalue weighted by Gasteiger charge is 2.39. The third kappa shape index (κ3) is 9.24. The van der Waals surface area contributed by atoms with Crippen molar-refractivity contribution in [3.63, 3.8) is 0 Å². The second-order valence-corrected chi connectivity index (χ2v) is 11.5. The van der Waals surface area contributed by atoms with Gasteiger partial charge in [0.05, 0.1) is 18.2 Å². The second kappa shape index (κ2) is 15.0. The van der Waals surface area contributed by atoms with Gasteiger partial charge in [-0.3, -0.25) is 9.59 Å². The molecule has 0 spiro atoms. The van der Waals surface area contributed by atoms with Gasteiger partial charge in [-0.2, -0.15) is 26.3 Å². The number of rotatable bonds is 10. The Morgan fingerprint density at radius 3 is 2.13 bits per heavy atom. The Balaban J connectivity index is 1.48. The smallest absolute Gasteiger partial charge is 0.416 e. The average Bonchev–Trinajstić information content (AvgIpc) is 3.23. The Hall–Kier alpha value is -4.06. The van der Waals surface area contributed by atoms with Crippen molar-refractivity contribution in [3.8, 4) is 5.75 Å². The van der Waals surface area contributed by atoms with Crippen LogP contribution in [0.3, 0.4) is 0 Å². The van der Waals surface area contributed by atoms with E-state index in [1.807, 2.05) is 49.5 Å². The number of hydrogen-bond donors (Lipinski definition) is 0. The summed E-state index contributed by atoms with van der Waals surface area (Å²) in [5.74, 6) is -0.291. The number of halogens is 6. The summed E-state index contributed by atoms with van der Waals surface area (Å²) in [5.41, 5.74) is -1.93. The van der Waals surface area contributed by atoms with Gasteiger partial charge in [0.15, 0.2) is 0 Å². The molecule has 0 bridgehead atoms. The van der Waals surface area contributed by atoms with Crippen LogP contribution in [0.15, 0.2) is 72.8 Å². The van der Waals surface area contributed by atoms with Crippen LogP contribution in [0.25, 0.3) is 0 Å². The molecule has 1 atom stereocenters. The molecule has 1 fully saturated rings. The predicted molar refractivity (Wildman–Crippen MR) is 161 cm³/mol. The van der Waals surface area contributed by atoms with Crippen LogP contribution in [0.5, 0.6) is 5.75 Å². The summed E-state index contributed by atoms with van der Waals surface area (Å²) in [4.78, 5) is 32.0. The molecule has 46 heavy (non-hydrogen) atoms. The van der Waals surface area contributed by atoms with Crippen LogP contribution in [0.1, 0.15) is 51.9 Å². The van der Waals surface area contributed by atoms with E-state index in [9.17, 15) is 35.9 Å². The number of carbonyl (C=O) groups is 2. The van der Waals surface area contributed by atoms with E-state index in [1.165, 1.54) is 4.90 Å². The fraction of sp³-hybridized carbons (Fsp3) is 0.412. The van der Waals surface area contributed by atoms with Crippen molar-refractivity contribution in [1.29, 1.82) is 0 Å². The van der Waals surface area contributed by atoms with E-state index in [1.54, 1.807) is 24.1 Å². The van der Waals surface area contributed by atoms with Gasteiger partial charge in [0.1, 0.15) is 5.75 Å². The first-order valence-electron chi connectivity index (χ1n) is 15.0. The van der Waals surface area contributed by atoms with E-state index in [2.05, 4.69) is 4.90 Å². The lowest BCUT2D eigenvalue weighted by Gasteiger charge is -2.30. The normalized spacial score (nSPS) is 16.0. The molecule has 248 valence electrons. The lowest BCUT2D eigenvalue weighted by molar-refractivity contribution is -0.143. The SMILES string of the molecule is COc1ccccc1CN(C)CCCC(=O)N1CC[C@@H](Cc2ccccc2)N(C(=O)c2cc(C(F)(F)F)cc(C(F)(F)F)c2)CC1. The minimum absolute atomic E-state index is 0.00877. The van der Waals surface area contributed by atoms with E-state index in [0.29, 0.717) is 51.0 Å². The van der Waals surface area contributed by atoms with Crippen LogP contribution in [0, 0.1) is 0 Å². The lowest BCUT2D eigenvalue weighted by atomic mass is 9.99. The Morgan fingerprint density at radius 2 is 1.50 bits per heavy atom. The molecule has 2 amide bonds. The van der Waals surface area contributed by atoms with Crippen molar-refractivity contribution in [2.24, 2.45) is 0 Å². The number of alkyl halides is 6. The number of ether oxygens (including phenoxy) is 1. The zero-order valence-electron chi connectivity index (χ0n) is 25.7. The van der Waals surface area contributed by atoms with Gasteiger partial charge >= 0.3 is 12.4 Å². The largest absolute Gasteiger partial charge is 0.496 e. The summed E-state index contributed by atoms with van der Waals surface area (Å²) in [6.45, 7) is 1.64. The van der Waals surface area contributed by atoms with Gasteiger partial charge in [-0.15, -0.1) is 0 Å². The molecule has 1 saturated heterocycles. The fourth-order valence-electron chi connectivity index (χ4n) is 5.70. The van der Waals surface area contributed by atoms with E-state index < -0.39 is 41.0 Å². The molecule has 0 saturated carbocycles. The number of hydrogen-bond acceptors (Lipinski definition) is 4. The summed E-state index contributed by atoms with van der Waals surface area (Å²) < 4.78 is 86.8. The number of nitrogens with zero attached hydrogens (tertiary/aromatic N) is 3. The Bertz CT molecular complexity index is 1450. The van der Waals surface area contributed by atoms with E-state index >= 15 is 0 Å². The molecule has 6 nitrogen and oxygen atoms in total. The van der Waals surface area contributed by atoms with Crippen LogP contribution in [-0.4, -0.2) is 72.9 Å². The first-order valence-corrected chi connectivity index (χ1v) is 15.0. The molecule has 3 aromatic rings. The zero-order valence-corrected chi connectivity index (χ0v) is 25.7. The van der Waals surface area contributed by atoms with Gasteiger partial charge in [-0.05, 0) is 62.7 Å². The molecule has 1 aliphatic rings. The van der Waals surface area contributed by atoms with Gasteiger partial charge in [0.25, 0.3) is 5.91 Å². The topological polar surface area (TPSA) is 53.1 Å². The lowest BCUT2D eigenvalue weighted by Crippen LogP contribution is -2.43. The molecule has 0 aliphatic carbocycles. The first kappa shape index (κ1) is 34.8. The second-order valence-electron chi connectivity index (χ2n) is 11.5. The van der Waals surface area contributed by atoms with Gasteiger partial charge in [-0.25, -0.2) is 0 Å². The first-order chi connectivity index (χ1) is 21.8. The van der Waals surface area contributed by atoms with Crippen LogP contribution >= 0.6 is 0 Å². The summed E-state index contributed by atoms with van der Waals surface area (Å²) in [5, 5.41) is 0. The van der Waals surface area contributed by atoms with Crippen molar-refractivity contribution in [1.82, 2.24) is 14.7 Å². The molecule has 0 radical (unpaired) electrons. The van der Waals surface area contributed by atoms with Crippen molar-refractivity contribution in [2.45, 2.75) is 50.6 Å². The maximum atomic E-state index is 13.7. The van der Waals surface area contributed by atoms with Gasteiger partial charge in [0.2, 0.25) is 5.91 Å². The highest BCUT2D eigenvalue weighted by atomic mass is 19.4. The predicted octanol–water partition coefficient (Wildman–Crippen LogP) is 6.93. The molecule has 0 N–H and O–H groups in total. The Kier molecular flexibility index (Phi) is 11.4. The van der Waals surface area contributed by atoms with E-state index in [0.717, 1.165) is 16.9 Å². The Labute approximate surface area is 264 Å². The van der Waals surface area contributed by atoms with Crippen molar-refractivity contribution < 1.29 is 40.7 Å². The molecule has 1 aliphatic heterocycles. The third-order valence-corrected chi connectivity index (χ3v) is 8.11. The zero-order chi connectivity index (χ0) is 33.5. The molecular weight excluding hydrogens is 612 g/mol. The van der Waals surface area contributed by atoms with Crippen molar-refractivity contribution in [3.05, 3.63) is 101 Å². The van der Waals surface area contributed by atoms with Crippen molar-refractivity contribution in [2.75, 3.05) is 40.3 Å². The summed E-state index contributed by atoms with van der Waals surface area (Å²) in [6, 6.07) is 17.2. The standard InChI is InChI=1S/C34H37F6N3O3/c1-41(23-25-11-6-7-12-30(25)46-2)15-8-13-31(44)42-16-14-29(19-24-9-4-3-5-10-24)43(18-17-42)32(45)26-20-27(33(35,36)37)22-28(21-26)34(38,39)40/h3-7,9-12,20-22,29H,8,13-19,23H2,1-2H3/t29-/m0/s1. The van der Waals surface area contributed by atoms with Crippen LogP contribution in [-0.2, 0) is 30.1 Å². The maximum absolute atomic E-state index is 13.7. The summed E-state index contributed by atoms with van der Waals surface area (Å²) >= 11 is 0. The van der Waals surface area contributed by atoms with Crippen LogP contribution in [0.2, 0.25) is 0 Å². The van der Waals surface area contributed by atoms with E-state index in [4.69, 9.17) is 4.74 Å². The maximum Gasteiger partial charge on any atom is 0.416 e. The van der Waals surface area contributed by atoms with Gasteiger partial charge in [-0.1, -0.05) is 48.5 Å². The minimum atomic E-state index is -5.08. The molecule has 0 unspecified atom stereocenters. The van der Waals surface area contributed by atoms with E-state index in [-0.39, 0.29) is 31.5 Å². The van der Waals surface area contributed by atoms with Gasteiger partial charge in [0, 0.05) is 49.8 Å². The number of para-hydroxylation sites is 1. The minimum Gasteiger partial charge on any atom is -0.496 e. The molecular formula is C34H37F6N3O3. The number of carbonyl (C=O) groups excluding carboxylic acids is 2. The fourth-order valence-corrected chi connectivity index (χ4v) is 5.70. The highest BCUT2D eigenvalue weighted by Crippen LogP contribution is 2.37. The molecule has 0 aromatic heterocycles. The van der Waals surface area contributed by atoms with Gasteiger partial charge < -0.3 is 19.4 Å². The quantitative estimate of drug-likeness (QED) is 0.224. The number of amides is 2. The number of benzene rings is 3. The molecule has 12 heteroatoms. The van der Waals surface area contributed by atoms with Crippen LogP contribution in [0.4, 0.5) is 26.3 Å². The average molecular weight is 650 g/mol.